The molecule has 0 fully saturated rings. The molecule has 0 aliphatic heterocycles. The lowest BCUT2D eigenvalue weighted by Crippen LogP contribution is -2.06. The van der Waals surface area contributed by atoms with Gasteiger partial charge < -0.3 is 15.1 Å². The quantitative estimate of drug-likeness (QED) is 0.751. The molecular weight excluding hydrogens is 278 g/mol. The van der Waals surface area contributed by atoms with E-state index < -0.39 is 0 Å². The Labute approximate surface area is 128 Å². The summed E-state index contributed by atoms with van der Waals surface area (Å²) in [5.41, 5.74) is 3.37. The van der Waals surface area contributed by atoms with Crippen molar-refractivity contribution in [1.29, 1.82) is 0 Å². The third-order valence-corrected chi connectivity index (χ3v) is 3.05. The fourth-order valence-electron chi connectivity index (χ4n) is 2.21. The zero-order valence-corrected chi connectivity index (χ0v) is 12.5. The highest BCUT2D eigenvalue weighted by Gasteiger charge is 2.03. The summed E-state index contributed by atoms with van der Waals surface area (Å²) in [6.07, 6.45) is 3.23. The number of rotatable bonds is 5. The molecule has 0 aliphatic carbocycles. The van der Waals surface area contributed by atoms with Gasteiger partial charge in [-0.1, -0.05) is 6.07 Å². The van der Waals surface area contributed by atoms with Crippen LogP contribution in [0.1, 0.15) is 16.9 Å². The number of benzene rings is 1. The number of anilines is 3. The second-order valence-electron chi connectivity index (χ2n) is 5.10. The largest absolute Gasteiger partial charge is 0.467 e. The lowest BCUT2D eigenvalue weighted by molar-refractivity contribution is 0.517. The van der Waals surface area contributed by atoms with E-state index in [2.05, 4.69) is 57.9 Å². The van der Waals surface area contributed by atoms with Crippen molar-refractivity contribution in [2.75, 3.05) is 10.6 Å². The van der Waals surface area contributed by atoms with Crippen LogP contribution in [-0.4, -0.2) is 15.2 Å². The highest BCUT2D eigenvalue weighted by Crippen LogP contribution is 2.18. The minimum atomic E-state index is 0.450. The molecule has 2 heterocycles. The Morgan fingerprint density at radius 2 is 1.95 bits per heavy atom. The number of nitrogens with one attached hydrogen (secondary N) is 2. The molecule has 0 amide bonds. The molecule has 3 rings (SSSR count). The van der Waals surface area contributed by atoms with Crippen molar-refractivity contribution in [2.45, 2.75) is 20.4 Å². The van der Waals surface area contributed by atoms with Gasteiger partial charge in [-0.15, -0.1) is 5.10 Å². The summed E-state index contributed by atoms with van der Waals surface area (Å²) in [4.78, 5) is 4.39. The van der Waals surface area contributed by atoms with Crippen LogP contribution < -0.4 is 10.6 Å². The lowest BCUT2D eigenvalue weighted by Gasteiger charge is -2.08. The average molecular weight is 295 g/mol. The minimum absolute atomic E-state index is 0.450. The highest BCUT2D eigenvalue weighted by molar-refractivity contribution is 5.58. The predicted octanol–water partition coefficient (Wildman–Crippen LogP) is 3.44. The van der Waals surface area contributed by atoms with Gasteiger partial charge in [0.25, 0.3) is 0 Å². The topological polar surface area (TPSA) is 75.9 Å². The Hall–Kier alpha value is -2.89. The number of furan rings is 1. The van der Waals surface area contributed by atoms with Crippen LogP contribution in [0, 0.1) is 13.8 Å². The second kappa shape index (κ2) is 6.26. The van der Waals surface area contributed by atoms with Gasteiger partial charge in [0.15, 0.2) is 5.82 Å². The summed E-state index contributed by atoms with van der Waals surface area (Å²) in [6, 6.07) is 9.97. The fourth-order valence-corrected chi connectivity index (χ4v) is 2.21. The maximum Gasteiger partial charge on any atom is 0.245 e. The summed E-state index contributed by atoms with van der Waals surface area (Å²) in [5.74, 6) is 1.91. The van der Waals surface area contributed by atoms with Crippen molar-refractivity contribution in [2.24, 2.45) is 0 Å². The van der Waals surface area contributed by atoms with E-state index in [0.717, 1.165) is 11.4 Å². The van der Waals surface area contributed by atoms with Crippen molar-refractivity contribution in [3.63, 3.8) is 0 Å². The van der Waals surface area contributed by atoms with Gasteiger partial charge in [-0.2, -0.15) is 10.1 Å². The summed E-state index contributed by atoms with van der Waals surface area (Å²) in [7, 11) is 0. The molecule has 2 N–H and O–H groups in total. The molecule has 1 aromatic carbocycles. The van der Waals surface area contributed by atoms with E-state index in [0.29, 0.717) is 18.3 Å². The van der Waals surface area contributed by atoms with Crippen LogP contribution in [0.15, 0.2) is 47.2 Å². The predicted molar refractivity (Wildman–Crippen MR) is 85.1 cm³/mol. The Bertz CT molecular complexity index is 735. The van der Waals surface area contributed by atoms with E-state index in [9.17, 15) is 0 Å². The molecule has 3 aromatic rings. The lowest BCUT2D eigenvalue weighted by atomic mass is 10.1. The molecule has 22 heavy (non-hydrogen) atoms. The molecule has 6 heteroatoms. The van der Waals surface area contributed by atoms with E-state index in [1.807, 2.05) is 12.1 Å². The normalized spacial score (nSPS) is 10.5. The first-order valence-corrected chi connectivity index (χ1v) is 7.00. The third kappa shape index (κ3) is 3.60. The van der Waals surface area contributed by atoms with Crippen molar-refractivity contribution >= 4 is 17.5 Å². The maximum atomic E-state index is 5.25. The smallest absolute Gasteiger partial charge is 0.245 e. The van der Waals surface area contributed by atoms with Crippen LogP contribution in [0.3, 0.4) is 0 Å². The standard InChI is InChI=1S/C16H17N5O/c1-11-6-12(2)8-13(7-11)19-15-10-18-21-16(20-15)17-9-14-4-3-5-22-14/h3-8,10H,9H2,1-2H3,(H2,17,19,20,21). The van der Waals surface area contributed by atoms with Crippen LogP contribution in [0.5, 0.6) is 0 Å². The Balaban J connectivity index is 1.70. The van der Waals surface area contributed by atoms with Crippen molar-refractivity contribution in [1.82, 2.24) is 15.2 Å². The van der Waals surface area contributed by atoms with Gasteiger partial charge in [-0.05, 0) is 49.2 Å². The molecule has 0 aliphatic rings. The molecule has 0 unspecified atom stereocenters. The van der Waals surface area contributed by atoms with Gasteiger partial charge >= 0.3 is 0 Å². The molecule has 2 aromatic heterocycles. The molecule has 6 nitrogen and oxygen atoms in total. The Morgan fingerprint density at radius 1 is 1.14 bits per heavy atom. The number of nitrogens with zero attached hydrogens (tertiary/aromatic N) is 3. The van der Waals surface area contributed by atoms with Crippen molar-refractivity contribution in [3.05, 3.63) is 59.7 Å². The van der Waals surface area contributed by atoms with Gasteiger partial charge in [0.05, 0.1) is 19.0 Å². The third-order valence-electron chi connectivity index (χ3n) is 3.05. The average Bonchev–Trinajstić information content (AvgIpc) is 2.98. The SMILES string of the molecule is Cc1cc(C)cc(Nc2cnnc(NCc3ccco3)n2)c1. The molecule has 0 saturated carbocycles. The number of hydrogen-bond acceptors (Lipinski definition) is 6. The van der Waals surface area contributed by atoms with E-state index in [1.54, 1.807) is 12.5 Å². The molecule has 0 saturated heterocycles. The van der Waals surface area contributed by atoms with Crippen LogP contribution >= 0.6 is 0 Å². The molecule has 0 bridgehead atoms. The van der Waals surface area contributed by atoms with Crippen molar-refractivity contribution < 1.29 is 4.42 Å². The van der Waals surface area contributed by atoms with Gasteiger partial charge in [0.1, 0.15) is 5.76 Å². The monoisotopic (exact) mass is 295 g/mol. The summed E-state index contributed by atoms with van der Waals surface area (Å²) in [6.45, 7) is 4.64. The first-order chi connectivity index (χ1) is 10.7. The second-order valence-corrected chi connectivity index (χ2v) is 5.10. The van der Waals surface area contributed by atoms with Gasteiger partial charge in [0.2, 0.25) is 5.95 Å². The van der Waals surface area contributed by atoms with Crippen LogP contribution in [0.4, 0.5) is 17.5 Å². The molecule has 0 atom stereocenters. The van der Waals surface area contributed by atoms with Crippen LogP contribution in [0.2, 0.25) is 0 Å². The summed E-state index contributed by atoms with van der Waals surface area (Å²) >= 11 is 0. The van der Waals surface area contributed by atoms with Gasteiger partial charge in [0, 0.05) is 5.69 Å². The first-order valence-electron chi connectivity index (χ1n) is 7.00. The Kier molecular flexibility index (Phi) is 4.00. The molecule has 0 radical (unpaired) electrons. The van der Waals surface area contributed by atoms with E-state index >= 15 is 0 Å². The summed E-state index contributed by atoms with van der Waals surface area (Å²) < 4.78 is 5.25. The molecule has 0 spiro atoms. The Morgan fingerprint density at radius 3 is 2.68 bits per heavy atom. The van der Waals surface area contributed by atoms with Gasteiger partial charge in [-0.25, -0.2) is 0 Å². The number of hydrogen-bond donors (Lipinski definition) is 2. The zero-order chi connectivity index (χ0) is 15.4. The molecule has 112 valence electrons. The minimum Gasteiger partial charge on any atom is -0.467 e. The maximum absolute atomic E-state index is 5.25. The van der Waals surface area contributed by atoms with Crippen molar-refractivity contribution in [3.8, 4) is 0 Å². The van der Waals surface area contributed by atoms with Gasteiger partial charge in [-0.3, -0.25) is 0 Å². The zero-order valence-electron chi connectivity index (χ0n) is 12.5. The van der Waals surface area contributed by atoms with E-state index in [1.165, 1.54) is 11.1 Å². The van der Waals surface area contributed by atoms with Crippen LogP contribution in [-0.2, 0) is 6.54 Å². The highest BCUT2D eigenvalue weighted by atomic mass is 16.3. The summed E-state index contributed by atoms with van der Waals surface area (Å²) in [5, 5.41) is 14.2. The fraction of sp³-hybridized carbons (Fsp3) is 0.188. The first kappa shape index (κ1) is 14.1. The van der Waals surface area contributed by atoms with E-state index in [-0.39, 0.29) is 0 Å². The molecular formula is C16H17N5O. The number of aryl methyl sites for hydroxylation is 2. The van der Waals surface area contributed by atoms with E-state index in [4.69, 9.17) is 4.42 Å². The van der Waals surface area contributed by atoms with Crippen LogP contribution in [0.25, 0.3) is 0 Å². The number of aromatic nitrogens is 3.